The minimum absolute atomic E-state index is 0.286. The van der Waals surface area contributed by atoms with Crippen molar-refractivity contribution >= 4 is 29.2 Å². The van der Waals surface area contributed by atoms with Gasteiger partial charge in [0, 0.05) is 16.3 Å². The van der Waals surface area contributed by atoms with Gasteiger partial charge in [-0.05, 0) is 49.4 Å². The normalized spacial score (nSPS) is 25.4. The van der Waals surface area contributed by atoms with E-state index in [0.717, 1.165) is 0 Å². The second-order valence-corrected chi connectivity index (χ2v) is 7.10. The zero-order valence-corrected chi connectivity index (χ0v) is 15.5. The Morgan fingerprint density at radius 2 is 2.00 bits per heavy atom. The molecule has 2 aromatic carbocycles. The minimum Gasteiger partial charge on any atom is -0.497 e. The van der Waals surface area contributed by atoms with Crippen LogP contribution in [0.2, 0.25) is 5.02 Å². The molecule has 0 saturated carbocycles. The van der Waals surface area contributed by atoms with Crippen molar-refractivity contribution in [3.05, 3.63) is 53.1 Å². The van der Waals surface area contributed by atoms with Gasteiger partial charge < -0.3 is 20.1 Å². The van der Waals surface area contributed by atoms with Gasteiger partial charge in [-0.2, -0.15) is 0 Å². The molecule has 0 radical (unpaired) electrons. The van der Waals surface area contributed by atoms with Crippen LogP contribution in [0, 0.1) is 5.92 Å². The fraction of sp³-hybridized carbons (Fsp3) is 0.263. The van der Waals surface area contributed by atoms with Crippen LogP contribution < -0.4 is 25.4 Å². The highest BCUT2D eigenvalue weighted by Gasteiger charge is 2.55. The van der Waals surface area contributed by atoms with Crippen LogP contribution in [0.5, 0.6) is 11.5 Å². The summed E-state index contributed by atoms with van der Waals surface area (Å²) in [5, 5.41) is 8.93. The Kier molecular flexibility index (Phi) is 4.11. The van der Waals surface area contributed by atoms with E-state index < -0.39 is 23.7 Å². The molecule has 8 heteroatoms. The predicted molar refractivity (Wildman–Crippen MR) is 100 cm³/mol. The van der Waals surface area contributed by atoms with Crippen molar-refractivity contribution in [2.24, 2.45) is 5.92 Å². The highest BCUT2D eigenvalue weighted by Crippen LogP contribution is 2.45. The van der Waals surface area contributed by atoms with Gasteiger partial charge in [-0.15, -0.1) is 0 Å². The zero-order chi connectivity index (χ0) is 19.2. The highest BCUT2D eigenvalue weighted by atomic mass is 35.5. The lowest BCUT2D eigenvalue weighted by molar-refractivity contribution is -0.133. The molecule has 0 aliphatic carbocycles. The number of carbonyl (C=O) groups excluding carboxylic acids is 2. The summed E-state index contributed by atoms with van der Waals surface area (Å²) < 4.78 is 11.1. The number of anilines is 1. The molecule has 3 atom stereocenters. The lowest BCUT2D eigenvalue weighted by atomic mass is 9.80. The van der Waals surface area contributed by atoms with E-state index in [0.29, 0.717) is 27.8 Å². The van der Waals surface area contributed by atoms with Crippen molar-refractivity contribution in [3.63, 3.8) is 0 Å². The maximum absolute atomic E-state index is 13.1. The van der Waals surface area contributed by atoms with Crippen molar-refractivity contribution in [1.29, 1.82) is 0 Å². The second kappa shape index (κ2) is 6.35. The van der Waals surface area contributed by atoms with Crippen LogP contribution in [-0.4, -0.2) is 24.8 Å². The zero-order valence-electron chi connectivity index (χ0n) is 14.7. The summed E-state index contributed by atoms with van der Waals surface area (Å²) in [5.41, 5.74) is 0.0973. The average Bonchev–Trinajstić information content (AvgIpc) is 2.62. The number of hydrogen-bond donors (Lipinski definition) is 3. The summed E-state index contributed by atoms with van der Waals surface area (Å²) in [7, 11) is 1.58. The second-order valence-electron chi connectivity index (χ2n) is 6.66. The number of carbonyl (C=O) groups is 2. The smallest absolute Gasteiger partial charge is 0.318 e. The van der Waals surface area contributed by atoms with E-state index >= 15 is 0 Å². The summed E-state index contributed by atoms with van der Waals surface area (Å²) in [5.74, 6) is 0.275. The van der Waals surface area contributed by atoms with Crippen molar-refractivity contribution < 1.29 is 19.1 Å². The molecule has 140 valence electrons. The number of rotatable bonds is 3. The number of hydrogen-bond acceptors (Lipinski definition) is 4. The molecule has 1 fully saturated rings. The maximum atomic E-state index is 13.1. The van der Waals surface area contributed by atoms with Crippen LogP contribution in [-0.2, 0) is 4.79 Å². The van der Waals surface area contributed by atoms with Gasteiger partial charge in [-0.3, -0.25) is 10.1 Å². The van der Waals surface area contributed by atoms with Crippen LogP contribution in [0.15, 0.2) is 42.5 Å². The van der Waals surface area contributed by atoms with Crippen molar-refractivity contribution in [3.8, 4) is 11.5 Å². The Balaban J connectivity index is 1.68. The molecular weight excluding hydrogens is 370 g/mol. The van der Waals surface area contributed by atoms with Crippen molar-refractivity contribution in [1.82, 2.24) is 10.6 Å². The van der Waals surface area contributed by atoms with Crippen LogP contribution in [0.1, 0.15) is 18.5 Å². The van der Waals surface area contributed by atoms with Crippen molar-refractivity contribution in [2.75, 3.05) is 12.4 Å². The lowest BCUT2D eigenvalue weighted by Gasteiger charge is -2.49. The fourth-order valence-electron chi connectivity index (χ4n) is 3.61. The van der Waals surface area contributed by atoms with E-state index in [1.807, 2.05) is 0 Å². The largest absolute Gasteiger partial charge is 0.497 e. The number of benzene rings is 2. The molecule has 27 heavy (non-hydrogen) atoms. The standard InChI is InChI=1S/C19H18ClN3O4/c1-19-15(17(24)21-11-4-6-12(26-2)7-5-11)16(22-18(25)23-19)13-9-10(20)3-8-14(13)27-19/h3-9,15-16H,1-2H3,(H,21,24)(H2,22,23,25)/t15-,16+,19-/m0/s1. The molecule has 1 saturated heterocycles. The summed E-state index contributed by atoms with van der Waals surface area (Å²) in [4.78, 5) is 25.2. The summed E-state index contributed by atoms with van der Waals surface area (Å²) in [6, 6.07) is 11.2. The quantitative estimate of drug-likeness (QED) is 0.755. The molecule has 2 aliphatic heterocycles. The van der Waals surface area contributed by atoms with Gasteiger partial charge in [-0.1, -0.05) is 11.6 Å². The van der Waals surface area contributed by atoms with Gasteiger partial charge in [-0.25, -0.2) is 4.79 Å². The number of nitrogens with one attached hydrogen (secondary N) is 3. The molecule has 0 spiro atoms. The van der Waals surface area contributed by atoms with Gasteiger partial charge >= 0.3 is 6.03 Å². The number of ether oxygens (including phenoxy) is 2. The Morgan fingerprint density at radius 3 is 2.70 bits per heavy atom. The van der Waals surface area contributed by atoms with E-state index in [4.69, 9.17) is 21.1 Å². The van der Waals surface area contributed by atoms with E-state index in [2.05, 4.69) is 16.0 Å². The first-order valence-corrected chi connectivity index (χ1v) is 8.79. The van der Waals surface area contributed by atoms with Crippen LogP contribution >= 0.6 is 11.6 Å². The van der Waals surface area contributed by atoms with Gasteiger partial charge in [0.2, 0.25) is 5.91 Å². The molecule has 3 N–H and O–H groups in total. The number of urea groups is 1. The summed E-state index contributed by atoms with van der Waals surface area (Å²) in [6.45, 7) is 1.69. The van der Waals surface area contributed by atoms with Crippen LogP contribution in [0.4, 0.5) is 10.5 Å². The predicted octanol–water partition coefficient (Wildman–Crippen LogP) is 3.07. The molecule has 2 heterocycles. The maximum Gasteiger partial charge on any atom is 0.318 e. The van der Waals surface area contributed by atoms with Gasteiger partial charge in [0.1, 0.15) is 17.4 Å². The number of methoxy groups -OCH3 is 1. The Morgan fingerprint density at radius 1 is 1.26 bits per heavy atom. The fourth-order valence-corrected chi connectivity index (χ4v) is 3.79. The Hall–Kier alpha value is -2.93. The van der Waals surface area contributed by atoms with Crippen molar-refractivity contribution in [2.45, 2.75) is 18.7 Å². The van der Waals surface area contributed by atoms with Crippen LogP contribution in [0.25, 0.3) is 0 Å². The third kappa shape index (κ3) is 3.04. The van der Waals surface area contributed by atoms with E-state index in [1.54, 1.807) is 56.5 Å². The summed E-state index contributed by atoms with van der Waals surface area (Å²) in [6.07, 6.45) is 0. The first-order chi connectivity index (χ1) is 12.9. The van der Waals surface area contributed by atoms with E-state index in [1.165, 1.54) is 0 Å². The number of halogens is 1. The lowest BCUT2D eigenvalue weighted by Crippen LogP contribution is -2.70. The first kappa shape index (κ1) is 17.5. The van der Waals surface area contributed by atoms with Gasteiger partial charge in [0.25, 0.3) is 0 Å². The molecule has 4 rings (SSSR count). The van der Waals surface area contributed by atoms with E-state index in [-0.39, 0.29) is 5.91 Å². The molecular formula is C19H18ClN3O4. The molecule has 3 amide bonds. The van der Waals surface area contributed by atoms with E-state index in [9.17, 15) is 9.59 Å². The average molecular weight is 388 g/mol. The molecule has 7 nitrogen and oxygen atoms in total. The summed E-state index contributed by atoms with van der Waals surface area (Å²) >= 11 is 6.11. The van der Waals surface area contributed by atoms with Crippen LogP contribution in [0.3, 0.4) is 0 Å². The third-order valence-corrected chi connectivity index (χ3v) is 5.08. The molecule has 2 bridgehead atoms. The molecule has 0 unspecified atom stereocenters. The third-order valence-electron chi connectivity index (χ3n) is 4.84. The van der Waals surface area contributed by atoms with Gasteiger partial charge in [0.15, 0.2) is 5.72 Å². The Bertz CT molecular complexity index is 918. The first-order valence-electron chi connectivity index (χ1n) is 8.42. The monoisotopic (exact) mass is 387 g/mol. The Labute approximate surface area is 161 Å². The molecule has 2 aliphatic rings. The SMILES string of the molecule is COc1ccc(NC(=O)[C@@H]2[C@@H]3NC(=O)N[C@@]2(C)Oc2ccc(Cl)cc23)cc1. The van der Waals surface area contributed by atoms with Gasteiger partial charge in [0.05, 0.1) is 13.2 Å². The molecule has 2 aromatic rings. The number of fused-ring (bicyclic) bond motifs is 4. The molecule has 0 aromatic heterocycles. The highest BCUT2D eigenvalue weighted by molar-refractivity contribution is 6.30. The number of amides is 3. The topological polar surface area (TPSA) is 88.7 Å². The minimum atomic E-state index is -1.19.